The summed E-state index contributed by atoms with van der Waals surface area (Å²) in [5, 5.41) is 2.90. The average molecular weight is 238 g/mol. The summed E-state index contributed by atoms with van der Waals surface area (Å²) in [6.07, 6.45) is 3.18. The predicted molar refractivity (Wildman–Crippen MR) is 69.7 cm³/mol. The van der Waals surface area contributed by atoms with Gasteiger partial charge in [0.05, 0.1) is 5.69 Å². The van der Waals surface area contributed by atoms with Gasteiger partial charge in [0, 0.05) is 17.4 Å². The Bertz CT molecular complexity index is 353. The Hall–Kier alpha value is -1.00. The van der Waals surface area contributed by atoms with E-state index in [9.17, 15) is 4.79 Å². The number of para-hydroxylation sites is 1. The van der Waals surface area contributed by atoms with Gasteiger partial charge in [0.2, 0.25) is 5.91 Å². The summed E-state index contributed by atoms with van der Waals surface area (Å²) in [7, 11) is 0. The monoisotopic (exact) mass is 238 g/mol. The van der Waals surface area contributed by atoms with Gasteiger partial charge in [-0.2, -0.15) is 0 Å². The molecule has 1 aromatic rings. The van der Waals surface area contributed by atoms with Crippen molar-refractivity contribution in [3.63, 3.8) is 0 Å². The molecule has 0 heterocycles. The second-order valence-electron chi connectivity index (χ2n) is 3.76. The first-order chi connectivity index (χ1) is 7.63. The molecule has 1 atom stereocenters. The lowest BCUT2D eigenvalue weighted by Crippen LogP contribution is -2.19. The van der Waals surface area contributed by atoms with Crippen molar-refractivity contribution in [2.75, 3.05) is 11.6 Å². The van der Waals surface area contributed by atoms with Crippen LogP contribution in [0.4, 0.5) is 5.69 Å². The van der Waals surface area contributed by atoms with Crippen LogP contribution >= 0.6 is 11.8 Å². The van der Waals surface area contributed by atoms with E-state index in [4.69, 9.17) is 5.73 Å². The largest absolute Gasteiger partial charge is 0.328 e. The van der Waals surface area contributed by atoms with E-state index in [1.54, 1.807) is 11.8 Å². The fourth-order valence-corrected chi connectivity index (χ4v) is 1.87. The van der Waals surface area contributed by atoms with Crippen molar-refractivity contribution >= 4 is 23.4 Å². The lowest BCUT2D eigenvalue weighted by Gasteiger charge is -2.09. The van der Waals surface area contributed by atoms with Gasteiger partial charge in [-0.05, 0) is 31.7 Å². The van der Waals surface area contributed by atoms with Crippen molar-refractivity contribution in [3.8, 4) is 0 Å². The zero-order valence-electron chi connectivity index (χ0n) is 9.69. The summed E-state index contributed by atoms with van der Waals surface area (Å²) in [6, 6.07) is 7.85. The number of amides is 1. The Morgan fingerprint density at radius 2 is 2.19 bits per heavy atom. The van der Waals surface area contributed by atoms with Crippen LogP contribution in [0.3, 0.4) is 0 Å². The average Bonchev–Trinajstić information content (AvgIpc) is 2.27. The Morgan fingerprint density at radius 1 is 1.50 bits per heavy atom. The molecule has 0 bridgehead atoms. The van der Waals surface area contributed by atoms with Crippen LogP contribution in [0.2, 0.25) is 0 Å². The van der Waals surface area contributed by atoms with Crippen LogP contribution in [-0.4, -0.2) is 18.2 Å². The topological polar surface area (TPSA) is 55.1 Å². The summed E-state index contributed by atoms with van der Waals surface area (Å²) in [6.45, 7) is 1.91. The van der Waals surface area contributed by atoms with Crippen molar-refractivity contribution < 1.29 is 4.79 Å². The van der Waals surface area contributed by atoms with Crippen LogP contribution in [0.5, 0.6) is 0 Å². The highest BCUT2D eigenvalue weighted by Gasteiger charge is 2.06. The number of carbonyl (C=O) groups excluding carboxylic acids is 1. The number of thioether (sulfide) groups is 1. The van der Waals surface area contributed by atoms with Crippen LogP contribution in [0.25, 0.3) is 0 Å². The van der Waals surface area contributed by atoms with Crippen LogP contribution in [-0.2, 0) is 4.79 Å². The first-order valence-electron chi connectivity index (χ1n) is 5.32. The standard InChI is InChI=1S/C12H18N2OS/c1-9(13)7-8-12(15)14-10-5-3-4-6-11(10)16-2/h3-6,9H,7-8,13H2,1-2H3,(H,14,15). The Labute approximate surface area is 101 Å². The van der Waals surface area contributed by atoms with Gasteiger partial charge in [-0.25, -0.2) is 0 Å². The third-order valence-corrected chi connectivity index (χ3v) is 3.00. The Balaban J connectivity index is 2.55. The van der Waals surface area contributed by atoms with Crippen molar-refractivity contribution in [2.24, 2.45) is 5.73 Å². The molecule has 3 N–H and O–H groups in total. The van der Waals surface area contributed by atoms with Crippen LogP contribution < -0.4 is 11.1 Å². The highest BCUT2D eigenvalue weighted by Crippen LogP contribution is 2.24. The molecule has 0 spiro atoms. The normalized spacial score (nSPS) is 12.2. The number of nitrogens with two attached hydrogens (primary N) is 1. The molecule has 1 unspecified atom stereocenters. The van der Waals surface area contributed by atoms with Gasteiger partial charge in [0.15, 0.2) is 0 Å². The highest BCUT2D eigenvalue weighted by atomic mass is 32.2. The van der Waals surface area contributed by atoms with E-state index in [0.29, 0.717) is 12.8 Å². The van der Waals surface area contributed by atoms with Gasteiger partial charge >= 0.3 is 0 Å². The lowest BCUT2D eigenvalue weighted by atomic mass is 10.2. The van der Waals surface area contributed by atoms with Gasteiger partial charge in [0.25, 0.3) is 0 Å². The molecular formula is C12H18N2OS. The van der Waals surface area contributed by atoms with E-state index in [-0.39, 0.29) is 11.9 Å². The smallest absolute Gasteiger partial charge is 0.224 e. The Morgan fingerprint density at radius 3 is 2.81 bits per heavy atom. The number of carbonyl (C=O) groups is 1. The first kappa shape index (κ1) is 13.1. The molecule has 1 amide bonds. The Kier molecular flexibility index (Phi) is 5.35. The van der Waals surface area contributed by atoms with Gasteiger partial charge in [-0.1, -0.05) is 12.1 Å². The van der Waals surface area contributed by atoms with Gasteiger partial charge < -0.3 is 11.1 Å². The van der Waals surface area contributed by atoms with Crippen molar-refractivity contribution in [1.29, 1.82) is 0 Å². The lowest BCUT2D eigenvalue weighted by molar-refractivity contribution is -0.116. The summed E-state index contributed by atoms with van der Waals surface area (Å²) >= 11 is 1.62. The van der Waals surface area contributed by atoms with E-state index < -0.39 is 0 Å². The maximum absolute atomic E-state index is 11.6. The SMILES string of the molecule is CSc1ccccc1NC(=O)CCC(C)N. The minimum absolute atomic E-state index is 0.0267. The molecule has 0 aliphatic rings. The minimum atomic E-state index is 0.0267. The van der Waals surface area contributed by atoms with Gasteiger partial charge in [-0.3, -0.25) is 4.79 Å². The molecule has 1 aromatic carbocycles. The summed E-state index contributed by atoms with van der Waals surface area (Å²) in [4.78, 5) is 12.7. The molecule has 0 fully saturated rings. The van der Waals surface area contributed by atoms with Crippen LogP contribution in [0, 0.1) is 0 Å². The molecule has 16 heavy (non-hydrogen) atoms. The van der Waals surface area contributed by atoms with Crippen molar-refractivity contribution in [2.45, 2.75) is 30.7 Å². The number of benzene rings is 1. The van der Waals surface area contributed by atoms with Crippen LogP contribution in [0.1, 0.15) is 19.8 Å². The molecular weight excluding hydrogens is 220 g/mol. The molecule has 0 aromatic heterocycles. The highest BCUT2D eigenvalue weighted by molar-refractivity contribution is 7.98. The second-order valence-corrected chi connectivity index (χ2v) is 4.61. The van der Waals surface area contributed by atoms with E-state index in [1.165, 1.54) is 0 Å². The molecule has 0 radical (unpaired) electrons. The number of anilines is 1. The van der Waals surface area contributed by atoms with Gasteiger partial charge in [-0.15, -0.1) is 11.8 Å². The number of hydrogen-bond donors (Lipinski definition) is 2. The third-order valence-electron chi connectivity index (χ3n) is 2.21. The fourth-order valence-electron chi connectivity index (χ4n) is 1.32. The molecule has 0 saturated heterocycles. The quantitative estimate of drug-likeness (QED) is 0.775. The molecule has 0 saturated carbocycles. The molecule has 4 heteroatoms. The summed E-state index contributed by atoms with van der Waals surface area (Å²) in [5.74, 6) is 0.0267. The van der Waals surface area contributed by atoms with E-state index in [0.717, 1.165) is 10.6 Å². The molecule has 88 valence electrons. The maximum atomic E-state index is 11.6. The number of hydrogen-bond acceptors (Lipinski definition) is 3. The molecule has 1 rings (SSSR count). The summed E-state index contributed by atoms with van der Waals surface area (Å²) in [5.41, 5.74) is 6.49. The molecule has 0 aliphatic heterocycles. The fraction of sp³-hybridized carbons (Fsp3) is 0.417. The molecule has 3 nitrogen and oxygen atoms in total. The second kappa shape index (κ2) is 6.55. The van der Waals surface area contributed by atoms with E-state index in [2.05, 4.69) is 5.32 Å². The third kappa shape index (κ3) is 4.24. The number of rotatable bonds is 5. The first-order valence-corrected chi connectivity index (χ1v) is 6.54. The number of nitrogens with one attached hydrogen (secondary N) is 1. The van der Waals surface area contributed by atoms with Crippen LogP contribution in [0.15, 0.2) is 29.2 Å². The maximum Gasteiger partial charge on any atom is 0.224 e. The van der Waals surface area contributed by atoms with E-state index in [1.807, 2.05) is 37.4 Å². The summed E-state index contributed by atoms with van der Waals surface area (Å²) < 4.78 is 0. The van der Waals surface area contributed by atoms with Crippen molar-refractivity contribution in [3.05, 3.63) is 24.3 Å². The zero-order valence-corrected chi connectivity index (χ0v) is 10.5. The predicted octanol–water partition coefficient (Wildman–Crippen LogP) is 2.47. The van der Waals surface area contributed by atoms with Crippen molar-refractivity contribution in [1.82, 2.24) is 0 Å². The zero-order chi connectivity index (χ0) is 12.0. The van der Waals surface area contributed by atoms with Gasteiger partial charge in [0.1, 0.15) is 0 Å². The minimum Gasteiger partial charge on any atom is -0.328 e. The van der Waals surface area contributed by atoms with E-state index >= 15 is 0 Å². The molecule has 0 aliphatic carbocycles.